The Hall–Kier alpha value is -0.420. The fourth-order valence-corrected chi connectivity index (χ4v) is 4.47. The third kappa shape index (κ3) is 5.17. The number of carbonyl (C=O) groups is 1. The van der Waals surface area contributed by atoms with Gasteiger partial charge in [0.2, 0.25) is 0 Å². The number of amides is 2. The zero-order chi connectivity index (χ0) is 14.4. The molecule has 2 atom stereocenters. The number of hydrogen-bond donors (Lipinski definition) is 3. The third-order valence-electron chi connectivity index (χ3n) is 4.40. The maximum Gasteiger partial charge on any atom is 0.315 e. The van der Waals surface area contributed by atoms with Gasteiger partial charge in [0.1, 0.15) is 0 Å². The molecule has 0 bridgehead atoms. The van der Waals surface area contributed by atoms with Crippen LogP contribution in [0, 0.1) is 0 Å². The maximum absolute atomic E-state index is 12.0. The van der Waals surface area contributed by atoms with E-state index < -0.39 is 0 Å². The summed E-state index contributed by atoms with van der Waals surface area (Å²) in [7, 11) is 0. The Morgan fingerprint density at radius 2 is 1.80 bits per heavy atom. The van der Waals surface area contributed by atoms with Gasteiger partial charge >= 0.3 is 6.03 Å². The summed E-state index contributed by atoms with van der Waals surface area (Å²) >= 11 is 2.02. The molecule has 0 spiro atoms. The van der Waals surface area contributed by atoms with Crippen molar-refractivity contribution in [2.45, 2.75) is 81.7 Å². The minimum Gasteiger partial charge on any atom is -0.393 e. The summed E-state index contributed by atoms with van der Waals surface area (Å²) in [4.78, 5) is 12.0. The van der Waals surface area contributed by atoms with Gasteiger partial charge in [0.15, 0.2) is 0 Å². The van der Waals surface area contributed by atoms with Crippen molar-refractivity contribution in [3.05, 3.63) is 0 Å². The molecule has 116 valence electrons. The van der Waals surface area contributed by atoms with Crippen molar-refractivity contribution in [2.75, 3.05) is 5.75 Å². The van der Waals surface area contributed by atoms with Crippen molar-refractivity contribution in [2.24, 2.45) is 0 Å². The summed E-state index contributed by atoms with van der Waals surface area (Å²) in [6.07, 6.45) is 7.97. The SMILES string of the molecule is CCS[C@@H]1CCC[C@H](NC(=O)NC2CCC(O)CC2)C1. The number of nitrogens with one attached hydrogen (secondary N) is 2. The van der Waals surface area contributed by atoms with E-state index in [2.05, 4.69) is 17.6 Å². The number of aliphatic hydroxyl groups excluding tert-OH is 1. The van der Waals surface area contributed by atoms with Crippen molar-refractivity contribution in [3.8, 4) is 0 Å². The summed E-state index contributed by atoms with van der Waals surface area (Å²) in [5, 5.41) is 16.4. The van der Waals surface area contributed by atoms with E-state index in [-0.39, 0.29) is 18.2 Å². The van der Waals surface area contributed by atoms with Crippen LogP contribution in [-0.2, 0) is 0 Å². The highest BCUT2D eigenvalue weighted by molar-refractivity contribution is 7.99. The highest BCUT2D eigenvalue weighted by Crippen LogP contribution is 2.28. The van der Waals surface area contributed by atoms with Crippen molar-refractivity contribution < 1.29 is 9.90 Å². The average molecular weight is 300 g/mol. The highest BCUT2D eigenvalue weighted by atomic mass is 32.2. The van der Waals surface area contributed by atoms with E-state index in [0.29, 0.717) is 11.3 Å². The van der Waals surface area contributed by atoms with Crippen LogP contribution in [0.5, 0.6) is 0 Å². The Morgan fingerprint density at radius 1 is 1.10 bits per heavy atom. The molecule has 0 aromatic heterocycles. The predicted octanol–water partition coefficient (Wildman–Crippen LogP) is 2.65. The average Bonchev–Trinajstić information content (AvgIpc) is 2.42. The molecule has 2 fully saturated rings. The van der Waals surface area contributed by atoms with E-state index in [1.54, 1.807) is 0 Å². The lowest BCUT2D eigenvalue weighted by Crippen LogP contribution is -2.48. The zero-order valence-corrected chi connectivity index (χ0v) is 13.3. The second-order valence-corrected chi connectivity index (χ2v) is 7.64. The monoisotopic (exact) mass is 300 g/mol. The minimum atomic E-state index is -0.165. The molecular weight excluding hydrogens is 272 g/mol. The third-order valence-corrected chi connectivity index (χ3v) is 5.63. The van der Waals surface area contributed by atoms with Crippen molar-refractivity contribution in [3.63, 3.8) is 0 Å². The Balaban J connectivity index is 1.68. The van der Waals surface area contributed by atoms with Crippen molar-refractivity contribution in [1.82, 2.24) is 10.6 Å². The van der Waals surface area contributed by atoms with Crippen LogP contribution in [-0.4, -0.2) is 40.3 Å². The van der Waals surface area contributed by atoms with Gasteiger partial charge in [-0.15, -0.1) is 0 Å². The molecule has 2 rings (SSSR count). The van der Waals surface area contributed by atoms with Crippen LogP contribution in [0.3, 0.4) is 0 Å². The quantitative estimate of drug-likeness (QED) is 0.748. The molecule has 0 aliphatic heterocycles. The topological polar surface area (TPSA) is 61.4 Å². The summed E-state index contributed by atoms with van der Waals surface area (Å²) in [6, 6.07) is 0.559. The number of carbonyl (C=O) groups excluding carboxylic acids is 1. The van der Waals surface area contributed by atoms with Crippen molar-refractivity contribution >= 4 is 17.8 Å². The number of rotatable bonds is 4. The molecule has 0 heterocycles. The first-order chi connectivity index (χ1) is 9.67. The number of thioether (sulfide) groups is 1. The maximum atomic E-state index is 12.0. The first-order valence-electron chi connectivity index (χ1n) is 8.04. The predicted molar refractivity (Wildman–Crippen MR) is 84.1 cm³/mol. The summed E-state index contributed by atoms with van der Waals surface area (Å²) in [5.41, 5.74) is 0. The lowest BCUT2D eigenvalue weighted by atomic mass is 9.93. The van der Waals surface area contributed by atoms with Crippen molar-refractivity contribution in [1.29, 1.82) is 0 Å². The standard InChI is InChI=1S/C15H28N2O2S/c1-2-20-14-5-3-4-12(10-14)17-15(19)16-11-6-8-13(18)9-7-11/h11-14,18H,2-10H2,1H3,(H2,16,17,19)/t11?,12-,13?,14+/m0/s1. The molecule has 2 aliphatic carbocycles. The molecular formula is C15H28N2O2S. The molecule has 0 radical (unpaired) electrons. The lowest BCUT2D eigenvalue weighted by Gasteiger charge is -2.31. The van der Waals surface area contributed by atoms with Gasteiger partial charge in [-0.25, -0.2) is 4.79 Å². The molecule has 4 nitrogen and oxygen atoms in total. The molecule has 0 aromatic carbocycles. The molecule has 0 saturated heterocycles. The van der Waals surface area contributed by atoms with E-state index in [4.69, 9.17) is 0 Å². The van der Waals surface area contributed by atoms with E-state index >= 15 is 0 Å². The Bertz CT molecular complexity index is 304. The van der Waals surface area contributed by atoms with Crippen LogP contribution in [0.4, 0.5) is 4.79 Å². The number of aliphatic hydroxyl groups is 1. The molecule has 0 unspecified atom stereocenters. The Morgan fingerprint density at radius 3 is 2.50 bits per heavy atom. The highest BCUT2D eigenvalue weighted by Gasteiger charge is 2.25. The molecule has 2 aliphatic rings. The second-order valence-electron chi connectivity index (χ2n) is 6.06. The molecule has 5 heteroatoms. The fourth-order valence-electron chi connectivity index (χ4n) is 3.30. The van der Waals surface area contributed by atoms with Gasteiger partial charge in [0.25, 0.3) is 0 Å². The number of urea groups is 1. The van der Waals surface area contributed by atoms with Gasteiger partial charge in [0, 0.05) is 17.3 Å². The van der Waals surface area contributed by atoms with Crippen LogP contribution >= 0.6 is 11.8 Å². The lowest BCUT2D eigenvalue weighted by molar-refractivity contribution is 0.117. The Labute approximate surface area is 126 Å². The first-order valence-corrected chi connectivity index (χ1v) is 9.09. The zero-order valence-electron chi connectivity index (χ0n) is 12.4. The van der Waals surface area contributed by atoms with E-state index in [1.807, 2.05) is 11.8 Å². The summed E-state index contributed by atoms with van der Waals surface area (Å²) in [6.45, 7) is 2.20. The van der Waals surface area contributed by atoms with Crippen LogP contribution < -0.4 is 10.6 Å². The van der Waals surface area contributed by atoms with Crippen LogP contribution in [0.15, 0.2) is 0 Å². The smallest absolute Gasteiger partial charge is 0.315 e. The largest absolute Gasteiger partial charge is 0.393 e. The fraction of sp³-hybridized carbons (Fsp3) is 0.933. The first kappa shape index (κ1) is 16.0. The van der Waals surface area contributed by atoms with Gasteiger partial charge < -0.3 is 15.7 Å². The van der Waals surface area contributed by atoms with Gasteiger partial charge in [-0.1, -0.05) is 13.3 Å². The second kappa shape index (κ2) is 8.13. The van der Waals surface area contributed by atoms with Gasteiger partial charge in [-0.05, 0) is 50.7 Å². The molecule has 0 aromatic rings. The minimum absolute atomic E-state index is 0.0152. The van der Waals surface area contributed by atoms with E-state index in [1.165, 1.54) is 12.8 Å². The van der Waals surface area contributed by atoms with Crippen LogP contribution in [0.1, 0.15) is 58.3 Å². The summed E-state index contributed by atoms with van der Waals surface area (Å²) < 4.78 is 0. The van der Waals surface area contributed by atoms with Crippen LogP contribution in [0.2, 0.25) is 0 Å². The normalized spacial score (nSPS) is 34.5. The number of hydrogen-bond acceptors (Lipinski definition) is 3. The van der Waals surface area contributed by atoms with Crippen LogP contribution in [0.25, 0.3) is 0 Å². The molecule has 2 amide bonds. The van der Waals surface area contributed by atoms with Gasteiger partial charge in [0.05, 0.1) is 6.10 Å². The Kier molecular flexibility index (Phi) is 6.49. The van der Waals surface area contributed by atoms with E-state index in [0.717, 1.165) is 44.3 Å². The molecule has 3 N–H and O–H groups in total. The summed E-state index contributed by atoms with van der Waals surface area (Å²) in [5.74, 6) is 1.16. The van der Waals surface area contributed by atoms with Gasteiger partial charge in [-0.2, -0.15) is 11.8 Å². The molecule has 20 heavy (non-hydrogen) atoms. The van der Waals surface area contributed by atoms with Gasteiger partial charge in [-0.3, -0.25) is 0 Å². The van der Waals surface area contributed by atoms with E-state index in [9.17, 15) is 9.90 Å². The molecule has 2 saturated carbocycles.